The van der Waals surface area contributed by atoms with Crippen molar-refractivity contribution < 1.29 is 22.7 Å². The number of benzene rings is 3. The molecular weight excluding hydrogens is 416 g/mol. The van der Waals surface area contributed by atoms with Crippen molar-refractivity contribution in [1.82, 2.24) is 0 Å². The van der Waals surface area contributed by atoms with E-state index in [4.69, 9.17) is 10.5 Å². The summed E-state index contributed by atoms with van der Waals surface area (Å²) in [6.07, 6.45) is 0. The smallest absolute Gasteiger partial charge is 0.196 e. The maximum absolute atomic E-state index is 13.3. The lowest BCUT2D eigenvalue weighted by Gasteiger charge is -2.24. The minimum atomic E-state index is -3.42. The molecule has 0 unspecified atom stereocenters. The minimum absolute atomic E-state index is 0.0364. The first kappa shape index (κ1) is 20.6. The van der Waals surface area contributed by atoms with Crippen LogP contribution in [-0.4, -0.2) is 32.8 Å². The van der Waals surface area contributed by atoms with Crippen LogP contribution in [0.3, 0.4) is 0 Å². The van der Waals surface area contributed by atoms with E-state index < -0.39 is 9.84 Å². The molecule has 0 saturated heterocycles. The molecule has 0 fully saturated rings. The van der Waals surface area contributed by atoms with E-state index in [1.54, 1.807) is 43.3 Å². The van der Waals surface area contributed by atoms with Crippen LogP contribution in [0.5, 0.6) is 5.75 Å². The highest BCUT2D eigenvalue weighted by molar-refractivity contribution is 7.91. The molecule has 0 radical (unpaired) electrons. The Bertz CT molecular complexity index is 1350. The van der Waals surface area contributed by atoms with Gasteiger partial charge in [0.2, 0.25) is 0 Å². The number of nitrogens with one attached hydrogen (secondary N) is 1. The number of hydrogen-bond donors (Lipinski definition) is 2. The summed E-state index contributed by atoms with van der Waals surface area (Å²) < 4.78 is 29.8. The number of hydrogen-bond acceptors (Lipinski definition) is 7. The monoisotopic (exact) mass is 436 g/mol. The molecule has 8 heteroatoms. The van der Waals surface area contributed by atoms with Crippen molar-refractivity contribution in [2.75, 3.05) is 23.9 Å². The van der Waals surface area contributed by atoms with E-state index >= 15 is 0 Å². The number of sulfone groups is 1. The number of carbonyl (C=O) groups excluding carboxylic acids is 2. The topological polar surface area (TPSA) is 116 Å². The van der Waals surface area contributed by atoms with Crippen molar-refractivity contribution in [3.63, 3.8) is 0 Å². The number of rotatable bonds is 5. The predicted octanol–water partition coefficient (Wildman–Crippen LogP) is 3.59. The first-order chi connectivity index (χ1) is 14.8. The van der Waals surface area contributed by atoms with E-state index in [1.807, 2.05) is 0 Å². The third-order valence-corrected chi connectivity index (χ3v) is 7.00. The summed E-state index contributed by atoms with van der Waals surface area (Å²) in [7, 11) is -2.00. The number of ether oxygens (including phenoxy) is 1. The summed E-state index contributed by atoms with van der Waals surface area (Å²) in [4.78, 5) is 26.6. The highest BCUT2D eigenvalue weighted by atomic mass is 32.2. The normalized spacial score (nSPS) is 12.8. The summed E-state index contributed by atoms with van der Waals surface area (Å²) in [6, 6.07) is 14.4. The Labute approximate surface area is 179 Å². The predicted molar refractivity (Wildman–Crippen MR) is 118 cm³/mol. The van der Waals surface area contributed by atoms with Gasteiger partial charge in [-0.25, -0.2) is 8.42 Å². The molecule has 0 aliphatic heterocycles. The second-order valence-corrected chi connectivity index (χ2v) is 9.33. The Kier molecular flexibility index (Phi) is 5.02. The molecule has 158 valence electrons. The molecule has 4 rings (SSSR count). The fourth-order valence-electron chi connectivity index (χ4n) is 3.65. The molecule has 3 N–H and O–H groups in total. The van der Waals surface area contributed by atoms with Gasteiger partial charge in [0.15, 0.2) is 21.4 Å². The van der Waals surface area contributed by atoms with Crippen LogP contribution in [0.1, 0.15) is 38.8 Å². The number of nitrogens with two attached hydrogens (primary N) is 1. The van der Waals surface area contributed by atoms with Gasteiger partial charge in [-0.1, -0.05) is 37.3 Å². The maximum Gasteiger partial charge on any atom is 0.196 e. The molecule has 3 aromatic carbocycles. The molecule has 0 heterocycles. The lowest BCUT2D eigenvalue weighted by atomic mass is 9.82. The zero-order valence-electron chi connectivity index (χ0n) is 16.9. The number of ketones is 2. The second kappa shape index (κ2) is 7.55. The fourth-order valence-corrected chi connectivity index (χ4v) is 4.58. The number of nitrogen functional groups attached to an aromatic ring is 1. The summed E-state index contributed by atoms with van der Waals surface area (Å²) in [5.41, 5.74) is 7.78. The van der Waals surface area contributed by atoms with Crippen molar-refractivity contribution in [2.24, 2.45) is 0 Å². The molecule has 31 heavy (non-hydrogen) atoms. The van der Waals surface area contributed by atoms with E-state index in [-0.39, 0.29) is 55.9 Å². The van der Waals surface area contributed by atoms with E-state index in [0.29, 0.717) is 11.4 Å². The number of anilines is 3. The molecular formula is C23H20N2O5S. The van der Waals surface area contributed by atoms with Crippen molar-refractivity contribution >= 4 is 38.5 Å². The molecule has 3 aromatic rings. The molecule has 7 nitrogen and oxygen atoms in total. The summed E-state index contributed by atoms with van der Waals surface area (Å²) in [6.45, 7) is 1.57. The quantitative estimate of drug-likeness (QED) is 0.459. The zero-order valence-corrected chi connectivity index (χ0v) is 17.7. The summed E-state index contributed by atoms with van der Waals surface area (Å²) in [5.74, 6) is -0.517. The highest BCUT2D eigenvalue weighted by Crippen LogP contribution is 2.41. The van der Waals surface area contributed by atoms with Crippen molar-refractivity contribution in [3.05, 3.63) is 76.9 Å². The van der Waals surface area contributed by atoms with Crippen LogP contribution >= 0.6 is 0 Å². The minimum Gasteiger partial charge on any atom is -0.494 e. The van der Waals surface area contributed by atoms with Gasteiger partial charge in [0.25, 0.3) is 0 Å². The van der Waals surface area contributed by atoms with Gasteiger partial charge >= 0.3 is 0 Å². The van der Waals surface area contributed by atoms with Crippen LogP contribution in [0, 0.1) is 0 Å². The summed E-state index contributed by atoms with van der Waals surface area (Å²) >= 11 is 0. The number of methoxy groups -OCH3 is 1. The van der Waals surface area contributed by atoms with Crippen LogP contribution < -0.4 is 15.8 Å². The summed E-state index contributed by atoms with van der Waals surface area (Å²) in [5, 5.41) is 3.08. The average Bonchev–Trinajstić information content (AvgIpc) is 2.78. The van der Waals surface area contributed by atoms with Gasteiger partial charge in [0.05, 0.1) is 40.3 Å². The zero-order chi connectivity index (χ0) is 22.3. The molecule has 0 atom stereocenters. The second-order valence-electron chi connectivity index (χ2n) is 7.05. The Hall–Kier alpha value is -3.65. The van der Waals surface area contributed by atoms with Gasteiger partial charge in [-0.05, 0) is 18.2 Å². The first-order valence-corrected chi connectivity index (χ1v) is 11.2. The standard InChI is InChI=1S/C23H20N2O5S/c1-3-31(28,29)14-8-6-7-13(11-14)25-17-12-18(30-2)21(24)20-19(17)22(26)15-9-4-5-10-16(15)23(20)27/h4-12,25H,3,24H2,1-2H3. The largest absolute Gasteiger partial charge is 0.494 e. The van der Waals surface area contributed by atoms with Crippen molar-refractivity contribution in [2.45, 2.75) is 11.8 Å². The SMILES string of the molecule is CCS(=O)(=O)c1cccc(Nc2cc(OC)c(N)c3c2C(=O)c2ccccc2C3=O)c1. The van der Waals surface area contributed by atoms with Crippen LogP contribution in [0.2, 0.25) is 0 Å². The van der Waals surface area contributed by atoms with E-state index in [2.05, 4.69) is 5.32 Å². The van der Waals surface area contributed by atoms with Gasteiger partial charge in [-0.3, -0.25) is 9.59 Å². The van der Waals surface area contributed by atoms with Gasteiger partial charge < -0.3 is 15.8 Å². The van der Waals surface area contributed by atoms with E-state index in [0.717, 1.165) is 0 Å². The fraction of sp³-hybridized carbons (Fsp3) is 0.130. The Morgan fingerprint density at radius 1 is 0.935 bits per heavy atom. The number of fused-ring (bicyclic) bond motifs is 2. The molecule has 0 saturated carbocycles. The van der Waals surface area contributed by atoms with Crippen molar-refractivity contribution in [3.8, 4) is 5.75 Å². The van der Waals surface area contributed by atoms with Crippen LogP contribution in [0.4, 0.5) is 17.1 Å². The molecule has 0 spiro atoms. The van der Waals surface area contributed by atoms with E-state index in [1.165, 1.54) is 25.3 Å². The molecule has 0 bridgehead atoms. The van der Waals surface area contributed by atoms with Gasteiger partial charge in [0.1, 0.15) is 5.75 Å². The van der Waals surface area contributed by atoms with Crippen LogP contribution in [-0.2, 0) is 9.84 Å². The number of carbonyl (C=O) groups is 2. The highest BCUT2D eigenvalue weighted by Gasteiger charge is 2.35. The third-order valence-electron chi connectivity index (χ3n) is 5.27. The lowest BCUT2D eigenvalue weighted by Crippen LogP contribution is -2.24. The Morgan fingerprint density at radius 2 is 1.58 bits per heavy atom. The molecule has 1 aliphatic carbocycles. The third kappa shape index (κ3) is 3.34. The van der Waals surface area contributed by atoms with Crippen LogP contribution in [0.25, 0.3) is 0 Å². The average molecular weight is 436 g/mol. The van der Waals surface area contributed by atoms with Gasteiger partial charge in [-0.15, -0.1) is 0 Å². The first-order valence-electron chi connectivity index (χ1n) is 9.57. The van der Waals surface area contributed by atoms with Crippen molar-refractivity contribution in [1.29, 1.82) is 0 Å². The maximum atomic E-state index is 13.3. The molecule has 0 amide bonds. The van der Waals surface area contributed by atoms with Crippen LogP contribution in [0.15, 0.2) is 59.5 Å². The van der Waals surface area contributed by atoms with Gasteiger partial charge in [-0.2, -0.15) is 0 Å². The Balaban J connectivity index is 1.90. The molecule has 1 aliphatic rings. The Morgan fingerprint density at radius 3 is 2.19 bits per heavy atom. The van der Waals surface area contributed by atoms with Gasteiger partial charge in [0, 0.05) is 22.9 Å². The lowest BCUT2D eigenvalue weighted by molar-refractivity contribution is 0.0980. The molecule has 0 aromatic heterocycles. The van der Waals surface area contributed by atoms with E-state index in [9.17, 15) is 18.0 Å².